The number of aromatic nitrogens is 1. The number of anilines is 1. The van der Waals surface area contributed by atoms with E-state index in [1.165, 1.54) is 0 Å². The standard InChI is InChI=1S/C13H14N2O/c1-14-12-7-8-15-9-13(12)16-10-11-5-3-2-4-6-11/h2-9H,10H2,1H3,(H,14,15). The average Bonchev–Trinajstić information content (AvgIpc) is 2.38. The maximum atomic E-state index is 5.69. The Labute approximate surface area is 95.1 Å². The van der Waals surface area contributed by atoms with Crippen LogP contribution in [0.25, 0.3) is 0 Å². The molecule has 1 heterocycles. The number of benzene rings is 1. The van der Waals surface area contributed by atoms with Crippen LogP contribution in [0.4, 0.5) is 5.69 Å². The number of hydrogen-bond acceptors (Lipinski definition) is 3. The van der Waals surface area contributed by atoms with E-state index >= 15 is 0 Å². The second-order valence-electron chi connectivity index (χ2n) is 3.40. The SMILES string of the molecule is CNc1ccncc1OCc1ccccc1. The molecule has 0 bridgehead atoms. The van der Waals surface area contributed by atoms with Gasteiger partial charge in [0.2, 0.25) is 0 Å². The van der Waals surface area contributed by atoms with Crippen LogP contribution in [-0.2, 0) is 6.61 Å². The summed E-state index contributed by atoms with van der Waals surface area (Å²) in [6.45, 7) is 0.557. The van der Waals surface area contributed by atoms with Gasteiger partial charge in [0.25, 0.3) is 0 Å². The predicted octanol–water partition coefficient (Wildman–Crippen LogP) is 2.70. The Morgan fingerprint density at radius 1 is 1.19 bits per heavy atom. The first-order valence-corrected chi connectivity index (χ1v) is 5.18. The number of nitrogens with one attached hydrogen (secondary N) is 1. The van der Waals surface area contributed by atoms with Crippen LogP contribution in [0.5, 0.6) is 5.75 Å². The molecule has 16 heavy (non-hydrogen) atoms. The summed E-state index contributed by atoms with van der Waals surface area (Å²) in [6, 6.07) is 12.0. The van der Waals surface area contributed by atoms with E-state index < -0.39 is 0 Å². The predicted molar refractivity (Wildman–Crippen MR) is 64.6 cm³/mol. The molecule has 1 aromatic carbocycles. The zero-order chi connectivity index (χ0) is 11.2. The molecule has 1 N–H and O–H groups in total. The Kier molecular flexibility index (Phi) is 3.38. The van der Waals surface area contributed by atoms with Crippen LogP contribution < -0.4 is 10.1 Å². The van der Waals surface area contributed by atoms with Crippen LogP contribution in [0.15, 0.2) is 48.8 Å². The first kappa shape index (κ1) is 10.5. The van der Waals surface area contributed by atoms with Crippen molar-refractivity contribution in [1.82, 2.24) is 4.98 Å². The summed E-state index contributed by atoms with van der Waals surface area (Å²) >= 11 is 0. The Morgan fingerprint density at radius 3 is 2.75 bits per heavy atom. The largest absolute Gasteiger partial charge is 0.485 e. The van der Waals surface area contributed by atoms with E-state index in [0.29, 0.717) is 6.61 Å². The van der Waals surface area contributed by atoms with Crippen molar-refractivity contribution in [3.8, 4) is 5.75 Å². The molecule has 0 spiro atoms. The van der Waals surface area contributed by atoms with Crippen molar-refractivity contribution < 1.29 is 4.74 Å². The second-order valence-corrected chi connectivity index (χ2v) is 3.40. The van der Waals surface area contributed by atoms with Crippen LogP contribution in [0.1, 0.15) is 5.56 Å². The van der Waals surface area contributed by atoms with Crippen molar-refractivity contribution in [1.29, 1.82) is 0 Å². The lowest BCUT2D eigenvalue weighted by atomic mass is 10.2. The second kappa shape index (κ2) is 5.16. The highest BCUT2D eigenvalue weighted by atomic mass is 16.5. The molecule has 0 saturated carbocycles. The molecule has 82 valence electrons. The summed E-state index contributed by atoms with van der Waals surface area (Å²) in [4.78, 5) is 4.04. The van der Waals surface area contributed by atoms with Crippen molar-refractivity contribution in [3.63, 3.8) is 0 Å². The number of ether oxygens (including phenoxy) is 1. The molecular weight excluding hydrogens is 200 g/mol. The number of rotatable bonds is 4. The highest BCUT2D eigenvalue weighted by Crippen LogP contribution is 2.22. The smallest absolute Gasteiger partial charge is 0.161 e. The molecule has 0 saturated heterocycles. The Balaban J connectivity index is 2.05. The van der Waals surface area contributed by atoms with Gasteiger partial charge in [-0.1, -0.05) is 30.3 Å². The molecule has 2 rings (SSSR count). The molecule has 3 nitrogen and oxygen atoms in total. The van der Waals surface area contributed by atoms with E-state index in [-0.39, 0.29) is 0 Å². The Morgan fingerprint density at radius 2 is 2.00 bits per heavy atom. The van der Waals surface area contributed by atoms with E-state index in [2.05, 4.69) is 10.3 Å². The van der Waals surface area contributed by atoms with Gasteiger partial charge in [0.15, 0.2) is 5.75 Å². The number of hydrogen-bond donors (Lipinski definition) is 1. The fourth-order valence-corrected chi connectivity index (χ4v) is 1.44. The Bertz CT molecular complexity index is 443. The molecule has 0 fully saturated rings. The summed E-state index contributed by atoms with van der Waals surface area (Å²) in [5, 5.41) is 3.07. The molecule has 3 heteroatoms. The van der Waals surface area contributed by atoms with Crippen LogP contribution in [-0.4, -0.2) is 12.0 Å². The minimum atomic E-state index is 0.557. The molecule has 0 atom stereocenters. The van der Waals surface area contributed by atoms with E-state index in [9.17, 15) is 0 Å². The van der Waals surface area contributed by atoms with Gasteiger partial charge in [0.1, 0.15) is 6.61 Å². The lowest BCUT2D eigenvalue weighted by Gasteiger charge is -2.10. The topological polar surface area (TPSA) is 34.2 Å². The van der Waals surface area contributed by atoms with E-state index in [1.807, 2.05) is 43.4 Å². The third-order valence-electron chi connectivity index (χ3n) is 2.29. The van der Waals surface area contributed by atoms with Gasteiger partial charge in [-0.05, 0) is 11.6 Å². The normalized spacial score (nSPS) is 9.81. The van der Waals surface area contributed by atoms with Crippen molar-refractivity contribution in [2.45, 2.75) is 6.61 Å². The van der Waals surface area contributed by atoms with Gasteiger partial charge in [0, 0.05) is 13.2 Å². The zero-order valence-electron chi connectivity index (χ0n) is 9.18. The Hall–Kier alpha value is -2.03. The lowest BCUT2D eigenvalue weighted by molar-refractivity contribution is 0.306. The van der Waals surface area contributed by atoms with Gasteiger partial charge in [0.05, 0.1) is 11.9 Å². The van der Waals surface area contributed by atoms with Gasteiger partial charge in [-0.3, -0.25) is 4.98 Å². The van der Waals surface area contributed by atoms with Crippen LogP contribution >= 0.6 is 0 Å². The molecule has 0 aliphatic rings. The van der Waals surface area contributed by atoms with E-state index in [0.717, 1.165) is 17.0 Å². The van der Waals surface area contributed by atoms with Crippen molar-refractivity contribution in [2.24, 2.45) is 0 Å². The first-order valence-electron chi connectivity index (χ1n) is 5.18. The maximum absolute atomic E-state index is 5.69. The summed E-state index contributed by atoms with van der Waals surface area (Å²) in [6.07, 6.45) is 3.45. The minimum absolute atomic E-state index is 0.557. The molecule has 1 aromatic heterocycles. The monoisotopic (exact) mass is 214 g/mol. The maximum Gasteiger partial charge on any atom is 0.161 e. The quantitative estimate of drug-likeness (QED) is 0.849. The van der Waals surface area contributed by atoms with Gasteiger partial charge in [-0.25, -0.2) is 0 Å². The van der Waals surface area contributed by atoms with Crippen molar-refractivity contribution in [3.05, 3.63) is 54.4 Å². The first-order chi connectivity index (χ1) is 7.90. The molecule has 0 amide bonds. The van der Waals surface area contributed by atoms with Crippen molar-refractivity contribution in [2.75, 3.05) is 12.4 Å². The summed E-state index contributed by atoms with van der Waals surface area (Å²) < 4.78 is 5.69. The van der Waals surface area contributed by atoms with Crippen molar-refractivity contribution >= 4 is 5.69 Å². The third kappa shape index (κ3) is 2.51. The van der Waals surface area contributed by atoms with E-state index in [1.54, 1.807) is 12.4 Å². The summed E-state index contributed by atoms with van der Waals surface area (Å²) in [7, 11) is 1.87. The molecule has 0 aliphatic heterocycles. The number of nitrogens with zero attached hydrogens (tertiary/aromatic N) is 1. The highest BCUT2D eigenvalue weighted by Gasteiger charge is 2.01. The number of pyridine rings is 1. The summed E-state index contributed by atoms with van der Waals surface area (Å²) in [5.74, 6) is 0.772. The van der Waals surface area contributed by atoms with Gasteiger partial charge in [-0.2, -0.15) is 0 Å². The van der Waals surface area contributed by atoms with Crippen LogP contribution in [0.2, 0.25) is 0 Å². The highest BCUT2D eigenvalue weighted by molar-refractivity contribution is 5.53. The minimum Gasteiger partial charge on any atom is -0.485 e. The molecule has 0 radical (unpaired) electrons. The fraction of sp³-hybridized carbons (Fsp3) is 0.154. The molecule has 0 aliphatic carbocycles. The molecule has 2 aromatic rings. The molecular formula is C13H14N2O. The summed E-state index contributed by atoms with van der Waals surface area (Å²) in [5.41, 5.74) is 2.10. The van der Waals surface area contributed by atoms with Gasteiger partial charge in [-0.15, -0.1) is 0 Å². The fourth-order valence-electron chi connectivity index (χ4n) is 1.44. The molecule has 0 unspecified atom stereocenters. The van der Waals surface area contributed by atoms with Crippen LogP contribution in [0.3, 0.4) is 0 Å². The average molecular weight is 214 g/mol. The zero-order valence-corrected chi connectivity index (χ0v) is 9.18. The van der Waals surface area contributed by atoms with Crippen LogP contribution in [0, 0.1) is 0 Å². The third-order valence-corrected chi connectivity index (χ3v) is 2.29. The van der Waals surface area contributed by atoms with E-state index in [4.69, 9.17) is 4.74 Å². The lowest BCUT2D eigenvalue weighted by Crippen LogP contribution is -1.99. The van der Waals surface area contributed by atoms with Gasteiger partial charge >= 0.3 is 0 Å². The van der Waals surface area contributed by atoms with Gasteiger partial charge < -0.3 is 10.1 Å².